The third-order valence-corrected chi connectivity index (χ3v) is 4.20. The molecule has 19 heavy (non-hydrogen) atoms. The first kappa shape index (κ1) is 13.9. The quantitative estimate of drug-likeness (QED) is 0.800. The summed E-state index contributed by atoms with van der Waals surface area (Å²) in [6.45, 7) is 6.93. The van der Waals surface area contributed by atoms with Gasteiger partial charge in [0.15, 0.2) is 0 Å². The summed E-state index contributed by atoms with van der Waals surface area (Å²) in [7, 11) is 0. The van der Waals surface area contributed by atoms with Gasteiger partial charge in [-0.05, 0) is 38.5 Å². The van der Waals surface area contributed by atoms with E-state index in [4.69, 9.17) is 0 Å². The summed E-state index contributed by atoms with van der Waals surface area (Å²) in [6, 6.07) is 7.12. The van der Waals surface area contributed by atoms with Crippen LogP contribution in [0.4, 0.5) is 0 Å². The minimum absolute atomic E-state index is 0.0820. The third-order valence-electron chi connectivity index (χ3n) is 3.21. The summed E-state index contributed by atoms with van der Waals surface area (Å²) in [4.78, 5) is 2.64. The second kappa shape index (κ2) is 5.63. The molecule has 0 aliphatic rings. The Balaban J connectivity index is 2.04. The molecular weight excluding hydrogens is 258 g/mol. The third kappa shape index (κ3) is 3.28. The van der Waals surface area contributed by atoms with Gasteiger partial charge in [0.2, 0.25) is 0 Å². The smallest absolute Gasteiger partial charge is 0.123 e. The number of aromatic hydroxyl groups is 2. The van der Waals surface area contributed by atoms with E-state index < -0.39 is 0 Å². The van der Waals surface area contributed by atoms with Crippen LogP contribution in [0.5, 0.6) is 11.5 Å². The average molecular weight is 277 g/mol. The van der Waals surface area contributed by atoms with Crippen LogP contribution in [0.1, 0.15) is 33.8 Å². The summed E-state index contributed by atoms with van der Waals surface area (Å²) in [6.07, 6.45) is 0. The first-order valence-electron chi connectivity index (χ1n) is 6.28. The molecule has 0 radical (unpaired) electrons. The van der Waals surface area contributed by atoms with Crippen molar-refractivity contribution in [3.05, 3.63) is 45.1 Å². The monoisotopic (exact) mass is 277 g/mol. The molecule has 0 fully saturated rings. The van der Waals surface area contributed by atoms with E-state index in [1.165, 1.54) is 21.4 Å². The molecule has 1 aromatic heterocycles. The lowest BCUT2D eigenvalue weighted by molar-refractivity contribution is 0.441. The van der Waals surface area contributed by atoms with Crippen molar-refractivity contribution in [3.8, 4) is 11.5 Å². The standard InChI is InChI=1S/C15H19NO2S/c1-9-6-14(11(3)19-9)10(2)16-8-12-4-5-13(17)7-15(12)18/h4-7,10,16-18H,8H2,1-3H3. The Morgan fingerprint density at radius 3 is 2.53 bits per heavy atom. The van der Waals surface area contributed by atoms with Gasteiger partial charge in [-0.15, -0.1) is 11.3 Å². The molecule has 0 aliphatic heterocycles. The fraction of sp³-hybridized carbons (Fsp3) is 0.333. The maximum Gasteiger partial charge on any atom is 0.123 e. The van der Waals surface area contributed by atoms with Gasteiger partial charge in [-0.1, -0.05) is 6.07 Å². The van der Waals surface area contributed by atoms with Crippen LogP contribution in [0, 0.1) is 13.8 Å². The SMILES string of the molecule is Cc1cc(C(C)NCc2ccc(O)cc2O)c(C)s1. The minimum atomic E-state index is 0.0820. The lowest BCUT2D eigenvalue weighted by atomic mass is 10.1. The maximum absolute atomic E-state index is 9.74. The summed E-state index contributed by atoms with van der Waals surface area (Å²) < 4.78 is 0. The number of phenolic OH excluding ortho intramolecular Hbond substituents is 2. The van der Waals surface area contributed by atoms with Crippen molar-refractivity contribution in [2.45, 2.75) is 33.4 Å². The van der Waals surface area contributed by atoms with Gasteiger partial charge in [0, 0.05) is 34.0 Å². The van der Waals surface area contributed by atoms with E-state index in [0.717, 1.165) is 5.56 Å². The van der Waals surface area contributed by atoms with E-state index in [9.17, 15) is 10.2 Å². The van der Waals surface area contributed by atoms with E-state index in [0.29, 0.717) is 6.54 Å². The van der Waals surface area contributed by atoms with E-state index in [-0.39, 0.29) is 17.5 Å². The number of thiophene rings is 1. The Bertz CT molecular complexity index is 578. The lowest BCUT2D eigenvalue weighted by Gasteiger charge is -2.14. The van der Waals surface area contributed by atoms with Crippen LogP contribution in [-0.4, -0.2) is 10.2 Å². The zero-order valence-electron chi connectivity index (χ0n) is 11.4. The molecule has 0 saturated heterocycles. The zero-order valence-corrected chi connectivity index (χ0v) is 12.2. The van der Waals surface area contributed by atoms with Crippen molar-refractivity contribution in [2.24, 2.45) is 0 Å². The van der Waals surface area contributed by atoms with Gasteiger partial charge in [0.25, 0.3) is 0 Å². The topological polar surface area (TPSA) is 52.5 Å². The molecule has 0 saturated carbocycles. The van der Waals surface area contributed by atoms with Gasteiger partial charge in [0.05, 0.1) is 0 Å². The lowest BCUT2D eigenvalue weighted by Crippen LogP contribution is -2.18. The molecule has 1 atom stereocenters. The summed E-state index contributed by atoms with van der Waals surface area (Å²) in [5.41, 5.74) is 2.09. The van der Waals surface area contributed by atoms with Crippen molar-refractivity contribution < 1.29 is 10.2 Å². The van der Waals surface area contributed by atoms with Gasteiger partial charge >= 0.3 is 0 Å². The molecule has 4 heteroatoms. The molecule has 0 bridgehead atoms. The number of rotatable bonds is 4. The summed E-state index contributed by atoms with van der Waals surface area (Å²) >= 11 is 1.80. The molecule has 0 aliphatic carbocycles. The van der Waals surface area contributed by atoms with Gasteiger partial charge in [0.1, 0.15) is 11.5 Å². The number of hydrogen-bond acceptors (Lipinski definition) is 4. The largest absolute Gasteiger partial charge is 0.508 e. The molecule has 0 amide bonds. The minimum Gasteiger partial charge on any atom is -0.508 e. The van der Waals surface area contributed by atoms with Crippen molar-refractivity contribution in [1.82, 2.24) is 5.32 Å². The van der Waals surface area contributed by atoms with Crippen molar-refractivity contribution in [1.29, 1.82) is 0 Å². The second-order valence-corrected chi connectivity index (χ2v) is 6.24. The van der Waals surface area contributed by atoms with E-state index in [1.54, 1.807) is 23.5 Å². The van der Waals surface area contributed by atoms with Crippen LogP contribution in [-0.2, 0) is 6.54 Å². The Morgan fingerprint density at radius 2 is 1.95 bits per heavy atom. The fourth-order valence-electron chi connectivity index (χ4n) is 2.16. The van der Waals surface area contributed by atoms with E-state index >= 15 is 0 Å². The van der Waals surface area contributed by atoms with Crippen LogP contribution in [0.25, 0.3) is 0 Å². The van der Waals surface area contributed by atoms with E-state index in [2.05, 4.69) is 32.2 Å². The van der Waals surface area contributed by atoms with Crippen LogP contribution in [0.2, 0.25) is 0 Å². The van der Waals surface area contributed by atoms with Gasteiger partial charge < -0.3 is 15.5 Å². The van der Waals surface area contributed by atoms with Crippen molar-refractivity contribution in [2.75, 3.05) is 0 Å². The van der Waals surface area contributed by atoms with Crippen molar-refractivity contribution in [3.63, 3.8) is 0 Å². The maximum atomic E-state index is 9.74. The number of aryl methyl sites for hydroxylation is 2. The molecule has 1 unspecified atom stereocenters. The molecule has 102 valence electrons. The number of benzene rings is 1. The molecule has 0 spiro atoms. The van der Waals surface area contributed by atoms with Gasteiger partial charge in [-0.25, -0.2) is 0 Å². The Hall–Kier alpha value is -1.52. The highest BCUT2D eigenvalue weighted by atomic mass is 32.1. The normalized spacial score (nSPS) is 12.6. The van der Waals surface area contributed by atoms with Crippen LogP contribution >= 0.6 is 11.3 Å². The second-order valence-electron chi connectivity index (χ2n) is 4.78. The highest BCUT2D eigenvalue weighted by molar-refractivity contribution is 7.12. The first-order valence-corrected chi connectivity index (χ1v) is 7.10. The molecule has 2 aromatic rings. The first-order chi connectivity index (χ1) is 8.97. The predicted molar refractivity (Wildman–Crippen MR) is 78.8 cm³/mol. The predicted octanol–water partition coefficient (Wildman–Crippen LogP) is 3.63. The molecule has 1 heterocycles. The fourth-order valence-corrected chi connectivity index (χ4v) is 3.18. The van der Waals surface area contributed by atoms with Gasteiger partial charge in [-0.3, -0.25) is 0 Å². The average Bonchev–Trinajstić information content (AvgIpc) is 2.67. The zero-order chi connectivity index (χ0) is 14.0. The number of hydrogen-bond donors (Lipinski definition) is 3. The number of phenols is 2. The van der Waals surface area contributed by atoms with Crippen LogP contribution in [0.3, 0.4) is 0 Å². The van der Waals surface area contributed by atoms with Crippen molar-refractivity contribution >= 4 is 11.3 Å². The molecular formula is C15H19NO2S. The number of nitrogens with one attached hydrogen (secondary N) is 1. The Kier molecular flexibility index (Phi) is 4.12. The molecule has 2 rings (SSSR count). The van der Waals surface area contributed by atoms with E-state index in [1.807, 2.05) is 0 Å². The summed E-state index contributed by atoms with van der Waals surface area (Å²) in [5.74, 6) is 0.205. The van der Waals surface area contributed by atoms with Crippen LogP contribution < -0.4 is 5.32 Å². The highest BCUT2D eigenvalue weighted by Crippen LogP contribution is 2.27. The van der Waals surface area contributed by atoms with Gasteiger partial charge in [-0.2, -0.15) is 0 Å². The highest BCUT2D eigenvalue weighted by Gasteiger charge is 2.11. The molecule has 1 aromatic carbocycles. The Morgan fingerprint density at radius 1 is 1.21 bits per heavy atom. The molecule has 3 N–H and O–H groups in total. The molecule has 3 nitrogen and oxygen atoms in total. The Labute approximate surface area is 117 Å². The van der Waals surface area contributed by atoms with Crippen LogP contribution in [0.15, 0.2) is 24.3 Å². The summed E-state index contributed by atoms with van der Waals surface area (Å²) in [5, 5.41) is 22.4.